The Morgan fingerprint density at radius 2 is 1.94 bits per heavy atom. The Balaban J connectivity index is 4.46. The van der Waals surface area contributed by atoms with E-state index in [9.17, 15) is 13.2 Å². The summed E-state index contributed by atoms with van der Waals surface area (Å²) in [5.41, 5.74) is 5.46. The fourth-order valence-electron chi connectivity index (χ4n) is 1.30. The molecule has 0 heterocycles. The van der Waals surface area contributed by atoms with Gasteiger partial charge in [0.1, 0.15) is 4.75 Å². The molecule has 0 aliphatic carbocycles. The molecule has 6 heteroatoms. The first-order valence-corrected chi connectivity index (χ1v) is 7.73. The van der Waals surface area contributed by atoms with Gasteiger partial charge in [-0.15, -0.1) is 0 Å². The van der Waals surface area contributed by atoms with E-state index in [1.165, 1.54) is 13.8 Å². The summed E-state index contributed by atoms with van der Waals surface area (Å²) in [6, 6.07) is 0. The molecule has 1 unspecified atom stereocenters. The SMILES string of the molecule is CCC(CCN)CNC(=O)C(C)(C)S(C)(=O)=O. The zero-order valence-electron chi connectivity index (χ0n) is 11.1. The Bertz CT molecular complexity index is 350. The van der Waals surface area contributed by atoms with Crippen molar-refractivity contribution in [1.29, 1.82) is 0 Å². The van der Waals surface area contributed by atoms with Gasteiger partial charge in [-0.1, -0.05) is 13.3 Å². The van der Waals surface area contributed by atoms with E-state index in [2.05, 4.69) is 5.32 Å². The molecular formula is C11H24N2O3S. The van der Waals surface area contributed by atoms with Crippen LogP contribution < -0.4 is 11.1 Å². The molecule has 1 amide bonds. The molecule has 0 aliphatic heterocycles. The van der Waals surface area contributed by atoms with Gasteiger partial charge in [0.15, 0.2) is 9.84 Å². The molecule has 0 saturated heterocycles. The predicted octanol–water partition coefficient (Wildman–Crippen LogP) is 0.301. The van der Waals surface area contributed by atoms with Crippen LogP contribution in [0.3, 0.4) is 0 Å². The van der Waals surface area contributed by atoms with Crippen molar-refractivity contribution in [2.24, 2.45) is 11.7 Å². The fourth-order valence-corrected chi connectivity index (χ4v) is 1.71. The Kier molecular flexibility index (Phi) is 6.12. The number of sulfone groups is 1. The topological polar surface area (TPSA) is 89.3 Å². The summed E-state index contributed by atoms with van der Waals surface area (Å²) in [7, 11) is -3.41. The third kappa shape index (κ3) is 4.63. The van der Waals surface area contributed by atoms with Crippen molar-refractivity contribution in [1.82, 2.24) is 5.32 Å². The summed E-state index contributed by atoms with van der Waals surface area (Å²) in [5, 5.41) is 2.69. The maximum atomic E-state index is 11.8. The minimum Gasteiger partial charge on any atom is -0.354 e. The highest BCUT2D eigenvalue weighted by Crippen LogP contribution is 2.15. The van der Waals surface area contributed by atoms with E-state index >= 15 is 0 Å². The smallest absolute Gasteiger partial charge is 0.240 e. The highest BCUT2D eigenvalue weighted by molar-refractivity contribution is 7.92. The van der Waals surface area contributed by atoms with Crippen LogP contribution in [0.15, 0.2) is 0 Å². The Morgan fingerprint density at radius 3 is 2.29 bits per heavy atom. The predicted molar refractivity (Wildman–Crippen MR) is 69.4 cm³/mol. The van der Waals surface area contributed by atoms with E-state index in [1.807, 2.05) is 6.92 Å². The number of carbonyl (C=O) groups excluding carboxylic acids is 1. The number of nitrogens with two attached hydrogens (primary N) is 1. The number of hydrogen-bond acceptors (Lipinski definition) is 4. The number of amides is 1. The van der Waals surface area contributed by atoms with Gasteiger partial charge in [-0.3, -0.25) is 4.79 Å². The molecule has 0 rings (SSSR count). The normalized spacial score (nSPS) is 14.4. The van der Waals surface area contributed by atoms with Crippen molar-refractivity contribution < 1.29 is 13.2 Å². The van der Waals surface area contributed by atoms with Crippen LogP contribution in [0.5, 0.6) is 0 Å². The van der Waals surface area contributed by atoms with Gasteiger partial charge < -0.3 is 11.1 Å². The van der Waals surface area contributed by atoms with E-state index in [0.717, 1.165) is 19.1 Å². The van der Waals surface area contributed by atoms with E-state index in [0.29, 0.717) is 19.0 Å². The van der Waals surface area contributed by atoms with Crippen molar-refractivity contribution >= 4 is 15.7 Å². The zero-order chi connectivity index (χ0) is 13.7. The molecule has 0 aliphatic rings. The molecule has 0 aromatic heterocycles. The Hall–Kier alpha value is -0.620. The lowest BCUT2D eigenvalue weighted by Gasteiger charge is -2.23. The van der Waals surface area contributed by atoms with E-state index in [4.69, 9.17) is 5.73 Å². The fraction of sp³-hybridized carbons (Fsp3) is 0.909. The second-order valence-corrected chi connectivity index (χ2v) is 7.41. The van der Waals surface area contributed by atoms with Gasteiger partial charge in [-0.25, -0.2) is 8.42 Å². The molecule has 0 aromatic carbocycles. The van der Waals surface area contributed by atoms with Crippen LogP contribution >= 0.6 is 0 Å². The Labute approximate surface area is 104 Å². The van der Waals surface area contributed by atoms with Gasteiger partial charge in [0.2, 0.25) is 5.91 Å². The first-order valence-electron chi connectivity index (χ1n) is 5.84. The molecule has 0 radical (unpaired) electrons. The minimum atomic E-state index is -3.41. The first kappa shape index (κ1) is 16.4. The van der Waals surface area contributed by atoms with Gasteiger partial charge in [-0.2, -0.15) is 0 Å². The molecule has 5 nitrogen and oxygen atoms in total. The highest BCUT2D eigenvalue weighted by atomic mass is 32.2. The van der Waals surface area contributed by atoms with Crippen molar-refractivity contribution in [3.63, 3.8) is 0 Å². The van der Waals surface area contributed by atoms with Crippen LogP contribution in [0.2, 0.25) is 0 Å². The molecule has 0 saturated carbocycles. The van der Waals surface area contributed by atoms with Crippen molar-refractivity contribution in [2.75, 3.05) is 19.3 Å². The second-order valence-electron chi connectivity index (χ2n) is 4.84. The lowest BCUT2D eigenvalue weighted by molar-refractivity contribution is -0.123. The molecule has 3 N–H and O–H groups in total. The average Bonchev–Trinajstić information content (AvgIpc) is 2.21. The molecule has 0 aromatic rings. The summed E-state index contributed by atoms with van der Waals surface area (Å²) in [4.78, 5) is 11.8. The number of hydrogen-bond donors (Lipinski definition) is 2. The Morgan fingerprint density at radius 1 is 1.41 bits per heavy atom. The monoisotopic (exact) mass is 264 g/mol. The van der Waals surface area contributed by atoms with Gasteiger partial charge in [0.25, 0.3) is 0 Å². The van der Waals surface area contributed by atoms with Crippen molar-refractivity contribution in [2.45, 2.75) is 38.4 Å². The molecular weight excluding hydrogens is 240 g/mol. The lowest BCUT2D eigenvalue weighted by atomic mass is 10.0. The zero-order valence-corrected chi connectivity index (χ0v) is 11.9. The van der Waals surface area contributed by atoms with Crippen molar-refractivity contribution in [3.05, 3.63) is 0 Å². The lowest BCUT2D eigenvalue weighted by Crippen LogP contribution is -2.48. The third-order valence-electron chi connectivity index (χ3n) is 3.18. The molecule has 102 valence electrons. The molecule has 0 spiro atoms. The van der Waals surface area contributed by atoms with Crippen LogP contribution in [-0.4, -0.2) is 38.4 Å². The number of carbonyl (C=O) groups is 1. The second kappa shape index (κ2) is 6.35. The van der Waals surface area contributed by atoms with Gasteiger partial charge in [0.05, 0.1) is 0 Å². The van der Waals surface area contributed by atoms with E-state index in [1.54, 1.807) is 0 Å². The van der Waals surface area contributed by atoms with Crippen LogP contribution in [0, 0.1) is 5.92 Å². The summed E-state index contributed by atoms with van der Waals surface area (Å²) in [6.07, 6.45) is 2.82. The minimum absolute atomic E-state index is 0.305. The van der Waals surface area contributed by atoms with Gasteiger partial charge in [0, 0.05) is 12.8 Å². The number of nitrogens with one attached hydrogen (secondary N) is 1. The largest absolute Gasteiger partial charge is 0.354 e. The molecule has 0 bridgehead atoms. The van der Waals surface area contributed by atoms with Crippen LogP contribution in [0.4, 0.5) is 0 Å². The maximum absolute atomic E-state index is 11.8. The average molecular weight is 264 g/mol. The standard InChI is InChI=1S/C11H24N2O3S/c1-5-9(6-7-12)8-13-10(14)11(2,3)17(4,15)16/h9H,5-8,12H2,1-4H3,(H,13,14). The molecule has 17 heavy (non-hydrogen) atoms. The first-order chi connectivity index (χ1) is 7.66. The summed E-state index contributed by atoms with van der Waals surface area (Å²) in [6.45, 7) is 5.91. The van der Waals surface area contributed by atoms with E-state index < -0.39 is 20.5 Å². The van der Waals surface area contributed by atoms with Crippen LogP contribution in [0.25, 0.3) is 0 Å². The summed E-state index contributed by atoms with van der Waals surface area (Å²) in [5.74, 6) is -0.144. The number of rotatable bonds is 7. The maximum Gasteiger partial charge on any atom is 0.240 e. The van der Waals surface area contributed by atoms with Crippen LogP contribution in [-0.2, 0) is 14.6 Å². The quantitative estimate of drug-likeness (QED) is 0.692. The third-order valence-corrected chi connectivity index (χ3v) is 5.22. The summed E-state index contributed by atoms with van der Waals surface area (Å²) < 4.78 is 21.5. The van der Waals surface area contributed by atoms with Crippen LogP contribution in [0.1, 0.15) is 33.6 Å². The van der Waals surface area contributed by atoms with E-state index in [-0.39, 0.29) is 0 Å². The van der Waals surface area contributed by atoms with Gasteiger partial charge >= 0.3 is 0 Å². The van der Waals surface area contributed by atoms with Gasteiger partial charge in [-0.05, 0) is 32.7 Å². The molecule has 0 fully saturated rings. The highest BCUT2D eigenvalue weighted by Gasteiger charge is 2.38. The summed E-state index contributed by atoms with van der Waals surface area (Å²) >= 11 is 0. The van der Waals surface area contributed by atoms with Crippen molar-refractivity contribution in [3.8, 4) is 0 Å². The molecule has 1 atom stereocenters.